The van der Waals surface area contributed by atoms with Gasteiger partial charge >= 0.3 is 11.9 Å². The van der Waals surface area contributed by atoms with Gasteiger partial charge in [0.25, 0.3) is 0 Å². The van der Waals surface area contributed by atoms with Crippen LogP contribution in [0.3, 0.4) is 0 Å². The quantitative estimate of drug-likeness (QED) is 0.0348. The zero-order chi connectivity index (χ0) is 42.1. The van der Waals surface area contributed by atoms with Crippen molar-refractivity contribution in [2.45, 2.75) is 297 Å². The van der Waals surface area contributed by atoms with E-state index in [0.717, 1.165) is 38.5 Å². The third-order valence-corrected chi connectivity index (χ3v) is 11.8. The van der Waals surface area contributed by atoms with Gasteiger partial charge in [-0.1, -0.05) is 251 Å². The predicted octanol–water partition coefficient (Wildman–Crippen LogP) is 17.5. The predicted molar refractivity (Wildman–Crippen MR) is 252 cm³/mol. The maximum atomic E-state index is 12.8. The second-order valence-corrected chi connectivity index (χ2v) is 17.8. The van der Waals surface area contributed by atoms with Crippen molar-refractivity contribution in [1.29, 1.82) is 0 Å². The molecule has 344 valence electrons. The van der Waals surface area contributed by atoms with Gasteiger partial charge in [0.2, 0.25) is 0 Å². The molecule has 58 heavy (non-hydrogen) atoms. The van der Waals surface area contributed by atoms with E-state index in [-0.39, 0.29) is 18.5 Å². The highest BCUT2D eigenvalue weighted by molar-refractivity contribution is 5.70. The molecule has 0 fully saturated rings. The van der Waals surface area contributed by atoms with E-state index in [1.165, 1.54) is 218 Å². The molecule has 1 unspecified atom stereocenters. The minimum Gasteiger partial charge on any atom is -0.462 e. The molecule has 0 heterocycles. The fourth-order valence-electron chi connectivity index (χ4n) is 7.85. The van der Waals surface area contributed by atoms with Gasteiger partial charge in [-0.05, 0) is 38.5 Å². The topological polar surface area (TPSA) is 61.8 Å². The summed E-state index contributed by atoms with van der Waals surface area (Å²) in [7, 11) is 0. The Labute approximate surface area is 363 Å². The Morgan fingerprint density at radius 3 is 1.10 bits per heavy atom. The summed E-state index contributed by atoms with van der Waals surface area (Å²) in [6, 6.07) is 0. The first-order valence-corrected chi connectivity index (χ1v) is 26.2. The molecule has 5 nitrogen and oxygen atoms in total. The van der Waals surface area contributed by atoms with Crippen molar-refractivity contribution < 1.29 is 23.8 Å². The largest absolute Gasteiger partial charge is 0.462 e. The average Bonchev–Trinajstić information content (AvgIpc) is 3.22. The van der Waals surface area contributed by atoms with Crippen molar-refractivity contribution in [2.75, 3.05) is 19.8 Å². The van der Waals surface area contributed by atoms with E-state index in [1.54, 1.807) is 0 Å². The average molecular weight is 819 g/mol. The summed E-state index contributed by atoms with van der Waals surface area (Å²) in [5, 5.41) is 0. The monoisotopic (exact) mass is 819 g/mol. The van der Waals surface area contributed by atoms with E-state index < -0.39 is 6.10 Å². The molecule has 0 spiro atoms. The number of carbonyl (C=O) groups excluding carboxylic acids is 2. The number of hydrogen-bond acceptors (Lipinski definition) is 5. The highest BCUT2D eigenvalue weighted by Gasteiger charge is 2.17. The van der Waals surface area contributed by atoms with Crippen LogP contribution in [0.5, 0.6) is 0 Å². The number of ether oxygens (including phenoxy) is 3. The van der Waals surface area contributed by atoms with Crippen molar-refractivity contribution in [2.24, 2.45) is 0 Å². The van der Waals surface area contributed by atoms with Crippen LogP contribution in [0.2, 0.25) is 0 Å². The molecule has 0 saturated heterocycles. The fourth-order valence-corrected chi connectivity index (χ4v) is 7.85. The lowest BCUT2D eigenvalue weighted by molar-refractivity contribution is -0.163. The van der Waals surface area contributed by atoms with Crippen molar-refractivity contribution in [1.82, 2.24) is 0 Å². The summed E-state index contributed by atoms with van der Waals surface area (Å²) in [6.07, 6.45) is 56.4. The molecule has 0 aromatic heterocycles. The normalized spacial score (nSPS) is 12.1. The third-order valence-electron chi connectivity index (χ3n) is 11.8. The molecule has 0 aliphatic rings. The molecule has 0 N–H and O–H groups in total. The molecule has 1 atom stereocenters. The molecular weight excluding hydrogens is 717 g/mol. The van der Waals surface area contributed by atoms with Gasteiger partial charge in [0, 0.05) is 19.4 Å². The standard InChI is InChI=1S/C53H102O5/c1-4-7-10-13-16-19-22-25-26-27-28-30-31-34-37-40-43-46-52(54)57-50-51(49-56-48-45-42-39-36-33-24-21-18-15-12-9-6-3)58-53(55)47-44-41-38-35-32-29-23-20-17-14-11-8-5-2/h15,18,51H,4-14,16-17,19-50H2,1-3H3/b18-15-. The van der Waals surface area contributed by atoms with Crippen molar-refractivity contribution in [3.05, 3.63) is 12.2 Å². The summed E-state index contributed by atoms with van der Waals surface area (Å²) in [6.45, 7) is 7.85. The van der Waals surface area contributed by atoms with Gasteiger partial charge in [0.15, 0.2) is 6.10 Å². The van der Waals surface area contributed by atoms with Crippen LogP contribution in [0.15, 0.2) is 12.2 Å². The number of hydrogen-bond donors (Lipinski definition) is 0. The summed E-state index contributed by atoms with van der Waals surface area (Å²) in [5.74, 6) is -0.379. The maximum Gasteiger partial charge on any atom is 0.306 e. The molecule has 0 rings (SSSR count). The van der Waals surface area contributed by atoms with Crippen LogP contribution in [0, 0.1) is 0 Å². The van der Waals surface area contributed by atoms with E-state index in [0.29, 0.717) is 26.1 Å². The summed E-state index contributed by atoms with van der Waals surface area (Å²) < 4.78 is 17.4. The van der Waals surface area contributed by atoms with Crippen molar-refractivity contribution in [3.63, 3.8) is 0 Å². The van der Waals surface area contributed by atoms with Gasteiger partial charge in [-0.25, -0.2) is 0 Å². The first-order chi connectivity index (χ1) is 28.6. The van der Waals surface area contributed by atoms with Crippen LogP contribution in [0.1, 0.15) is 290 Å². The van der Waals surface area contributed by atoms with Gasteiger partial charge in [0.05, 0.1) is 6.61 Å². The molecular formula is C53H102O5. The first-order valence-electron chi connectivity index (χ1n) is 26.2. The van der Waals surface area contributed by atoms with E-state index >= 15 is 0 Å². The van der Waals surface area contributed by atoms with Crippen LogP contribution in [-0.4, -0.2) is 37.9 Å². The number of rotatable bonds is 49. The van der Waals surface area contributed by atoms with Crippen LogP contribution in [0.4, 0.5) is 0 Å². The molecule has 0 saturated carbocycles. The Kier molecular flexibility index (Phi) is 48.8. The molecule has 0 amide bonds. The van der Waals surface area contributed by atoms with E-state index in [2.05, 4.69) is 32.9 Å². The Balaban J connectivity index is 4.17. The van der Waals surface area contributed by atoms with E-state index in [4.69, 9.17) is 14.2 Å². The Morgan fingerprint density at radius 2 is 0.690 bits per heavy atom. The first kappa shape index (κ1) is 56.6. The molecule has 0 aromatic carbocycles. The minimum absolute atomic E-state index is 0.0923. The number of unbranched alkanes of at least 4 members (excludes halogenated alkanes) is 36. The zero-order valence-electron chi connectivity index (χ0n) is 39.6. The Morgan fingerprint density at radius 1 is 0.362 bits per heavy atom. The molecule has 0 radical (unpaired) electrons. The van der Waals surface area contributed by atoms with Gasteiger partial charge in [0.1, 0.15) is 6.61 Å². The van der Waals surface area contributed by atoms with Gasteiger partial charge < -0.3 is 14.2 Å². The van der Waals surface area contributed by atoms with Crippen LogP contribution >= 0.6 is 0 Å². The van der Waals surface area contributed by atoms with Crippen LogP contribution < -0.4 is 0 Å². The smallest absolute Gasteiger partial charge is 0.306 e. The highest BCUT2D eigenvalue weighted by atomic mass is 16.6. The zero-order valence-corrected chi connectivity index (χ0v) is 39.6. The van der Waals surface area contributed by atoms with Crippen LogP contribution in [0.25, 0.3) is 0 Å². The number of allylic oxidation sites excluding steroid dienone is 2. The third kappa shape index (κ3) is 47.3. The molecule has 0 aromatic rings. The molecule has 5 heteroatoms. The van der Waals surface area contributed by atoms with Gasteiger partial charge in [-0.15, -0.1) is 0 Å². The molecule has 0 aliphatic carbocycles. The maximum absolute atomic E-state index is 12.8. The minimum atomic E-state index is -0.528. The second-order valence-electron chi connectivity index (χ2n) is 17.8. The lowest BCUT2D eigenvalue weighted by atomic mass is 10.0. The number of esters is 2. The highest BCUT2D eigenvalue weighted by Crippen LogP contribution is 2.16. The molecule has 0 aliphatic heterocycles. The second kappa shape index (κ2) is 50.0. The lowest BCUT2D eigenvalue weighted by Gasteiger charge is -2.18. The van der Waals surface area contributed by atoms with Gasteiger partial charge in [-0.3, -0.25) is 9.59 Å². The Bertz CT molecular complexity index is 840. The summed E-state index contributed by atoms with van der Waals surface area (Å²) in [4.78, 5) is 25.4. The van der Waals surface area contributed by atoms with Crippen molar-refractivity contribution >= 4 is 11.9 Å². The number of carbonyl (C=O) groups is 2. The van der Waals surface area contributed by atoms with Crippen LogP contribution in [-0.2, 0) is 23.8 Å². The van der Waals surface area contributed by atoms with Gasteiger partial charge in [-0.2, -0.15) is 0 Å². The summed E-state index contributed by atoms with van der Waals surface area (Å²) in [5.41, 5.74) is 0. The van der Waals surface area contributed by atoms with Crippen molar-refractivity contribution in [3.8, 4) is 0 Å². The SMILES string of the molecule is CCCC/C=C\CCCCCCCCOCC(COC(=O)CCCCCCCCCCCCCCCCCCC)OC(=O)CCCCCCCCCCCCCCC. The summed E-state index contributed by atoms with van der Waals surface area (Å²) >= 11 is 0. The fraction of sp³-hybridized carbons (Fsp3) is 0.925. The Hall–Kier alpha value is -1.36. The van der Waals surface area contributed by atoms with E-state index in [1.807, 2.05) is 0 Å². The lowest BCUT2D eigenvalue weighted by Crippen LogP contribution is -2.30. The molecule has 0 bridgehead atoms. The van der Waals surface area contributed by atoms with E-state index in [9.17, 15) is 9.59 Å².